The molecule has 1 amide bonds. The molecular weight excluding hydrogens is 406 g/mol. The number of aromatic nitrogens is 4. The lowest BCUT2D eigenvalue weighted by molar-refractivity contribution is -0.930. The number of hydrogen-bond acceptors (Lipinski definition) is 6. The second-order valence-electron chi connectivity index (χ2n) is 9.47. The third kappa shape index (κ3) is 4.38. The molecule has 1 atom stereocenters. The van der Waals surface area contributed by atoms with E-state index in [2.05, 4.69) is 65.5 Å². The Bertz CT molecular complexity index is 1030. The molecule has 3 aromatic rings. The Morgan fingerprint density at radius 1 is 1.12 bits per heavy atom. The summed E-state index contributed by atoms with van der Waals surface area (Å²) in [6, 6.07) is 12.0. The van der Waals surface area contributed by atoms with Crippen LogP contribution in [0.3, 0.4) is 0 Å². The van der Waals surface area contributed by atoms with Crippen LogP contribution in [0.25, 0.3) is 0 Å². The van der Waals surface area contributed by atoms with Crippen LogP contribution in [-0.4, -0.2) is 71.3 Å². The summed E-state index contributed by atoms with van der Waals surface area (Å²) in [7, 11) is 4.07. The van der Waals surface area contributed by atoms with Crippen LogP contribution in [0.15, 0.2) is 47.1 Å². The van der Waals surface area contributed by atoms with E-state index in [0.717, 1.165) is 30.2 Å². The number of quaternary nitrogens is 1. The van der Waals surface area contributed by atoms with Gasteiger partial charge in [-0.1, -0.05) is 12.1 Å². The Morgan fingerprint density at radius 2 is 1.81 bits per heavy atom. The molecule has 0 unspecified atom stereocenters. The van der Waals surface area contributed by atoms with Crippen molar-refractivity contribution >= 4 is 11.6 Å². The Kier molecular flexibility index (Phi) is 6.01. The molecule has 0 spiro atoms. The number of carbonyl (C=O) groups excluding carboxylic acids is 1. The number of piperazine rings is 1. The highest BCUT2D eigenvalue weighted by atomic mass is 16.3. The van der Waals surface area contributed by atoms with Gasteiger partial charge in [0.2, 0.25) is 5.82 Å². The third-order valence-corrected chi connectivity index (χ3v) is 5.96. The predicted molar refractivity (Wildman–Crippen MR) is 121 cm³/mol. The van der Waals surface area contributed by atoms with Crippen LogP contribution in [0.5, 0.6) is 0 Å². The number of nitrogens with one attached hydrogen (secondary N) is 1. The van der Waals surface area contributed by atoms with E-state index in [0.29, 0.717) is 18.8 Å². The Morgan fingerprint density at radius 3 is 2.38 bits per heavy atom. The molecular formula is C23H32N7O2+. The highest BCUT2D eigenvalue weighted by molar-refractivity contribution is 5.91. The molecule has 0 bridgehead atoms. The summed E-state index contributed by atoms with van der Waals surface area (Å²) in [5.41, 5.74) is 2.07. The zero-order valence-electron chi connectivity index (χ0n) is 19.4. The molecule has 1 saturated heterocycles. The molecule has 170 valence electrons. The number of benzene rings is 1. The maximum Gasteiger partial charge on any atom is 0.289 e. The van der Waals surface area contributed by atoms with E-state index in [1.807, 2.05) is 23.7 Å². The van der Waals surface area contributed by atoms with Crippen molar-refractivity contribution in [1.29, 1.82) is 0 Å². The highest BCUT2D eigenvalue weighted by Gasteiger charge is 2.37. The van der Waals surface area contributed by atoms with Gasteiger partial charge in [0.15, 0.2) is 11.8 Å². The van der Waals surface area contributed by atoms with Crippen molar-refractivity contribution in [3.63, 3.8) is 0 Å². The monoisotopic (exact) mass is 438 g/mol. The van der Waals surface area contributed by atoms with Crippen molar-refractivity contribution in [3.05, 3.63) is 59.8 Å². The lowest BCUT2D eigenvalue weighted by Gasteiger charge is -2.36. The molecule has 1 fully saturated rings. The van der Waals surface area contributed by atoms with Crippen LogP contribution in [0.1, 0.15) is 48.8 Å². The van der Waals surface area contributed by atoms with Crippen LogP contribution >= 0.6 is 0 Å². The largest absolute Gasteiger partial charge is 0.459 e. The fourth-order valence-electron chi connectivity index (χ4n) is 4.23. The fourth-order valence-corrected chi connectivity index (χ4v) is 4.23. The summed E-state index contributed by atoms with van der Waals surface area (Å²) < 4.78 is 7.22. The van der Waals surface area contributed by atoms with Gasteiger partial charge in [0.1, 0.15) is 0 Å². The second-order valence-corrected chi connectivity index (χ2v) is 9.47. The molecule has 9 nitrogen and oxygen atoms in total. The summed E-state index contributed by atoms with van der Waals surface area (Å²) in [5, 5.41) is 12.8. The van der Waals surface area contributed by atoms with Gasteiger partial charge in [-0.25, -0.2) is 4.68 Å². The maximum atomic E-state index is 12.7. The van der Waals surface area contributed by atoms with Crippen molar-refractivity contribution in [3.8, 4) is 0 Å². The molecule has 1 aliphatic rings. The molecule has 3 heterocycles. The van der Waals surface area contributed by atoms with Gasteiger partial charge < -0.3 is 19.1 Å². The van der Waals surface area contributed by atoms with Gasteiger partial charge in [-0.2, -0.15) is 0 Å². The zero-order valence-corrected chi connectivity index (χ0v) is 19.4. The van der Waals surface area contributed by atoms with E-state index in [-0.39, 0.29) is 17.5 Å². The lowest BCUT2D eigenvalue weighted by Crippen LogP contribution is -3.15. The van der Waals surface area contributed by atoms with Crippen LogP contribution in [-0.2, 0) is 5.54 Å². The average molecular weight is 439 g/mol. The average Bonchev–Trinajstić information content (AvgIpc) is 3.47. The molecule has 1 N–H and O–H groups in total. The summed E-state index contributed by atoms with van der Waals surface area (Å²) in [4.78, 5) is 18.0. The zero-order chi connectivity index (χ0) is 22.9. The first-order chi connectivity index (χ1) is 15.3. The molecule has 0 radical (unpaired) electrons. The van der Waals surface area contributed by atoms with E-state index < -0.39 is 0 Å². The number of rotatable bonds is 5. The van der Waals surface area contributed by atoms with Crippen molar-refractivity contribution in [2.24, 2.45) is 0 Å². The number of nitrogens with zero attached hydrogens (tertiary/aromatic N) is 6. The smallest absolute Gasteiger partial charge is 0.289 e. The third-order valence-electron chi connectivity index (χ3n) is 5.96. The number of anilines is 1. The summed E-state index contributed by atoms with van der Waals surface area (Å²) >= 11 is 0. The lowest BCUT2D eigenvalue weighted by atomic mass is 10.0. The Labute approximate surface area is 188 Å². The van der Waals surface area contributed by atoms with Crippen molar-refractivity contribution in [2.45, 2.75) is 32.4 Å². The van der Waals surface area contributed by atoms with Gasteiger partial charge >= 0.3 is 0 Å². The van der Waals surface area contributed by atoms with Crippen LogP contribution < -0.4 is 9.80 Å². The first-order valence-electron chi connectivity index (χ1n) is 11.0. The van der Waals surface area contributed by atoms with Crippen molar-refractivity contribution in [2.75, 3.05) is 45.2 Å². The minimum absolute atomic E-state index is 0.0266. The number of carbonyl (C=O) groups is 1. The molecule has 2 aromatic heterocycles. The summed E-state index contributed by atoms with van der Waals surface area (Å²) in [6.45, 7) is 9.21. The van der Waals surface area contributed by atoms with Gasteiger partial charge in [-0.15, -0.1) is 5.10 Å². The quantitative estimate of drug-likeness (QED) is 0.645. The normalized spacial score (nSPS) is 16.2. The SMILES string of the molecule is CN(C)c1ccc([C@H](c2nnnn2C(C)(C)C)[NH+]2CCN(C(=O)c3ccco3)CC2)cc1. The first kappa shape index (κ1) is 22.0. The predicted octanol–water partition coefficient (Wildman–Crippen LogP) is 1.22. The summed E-state index contributed by atoms with van der Waals surface area (Å²) in [6.07, 6.45) is 1.54. The minimum atomic E-state index is -0.239. The van der Waals surface area contributed by atoms with Crippen LogP contribution in [0.4, 0.5) is 5.69 Å². The van der Waals surface area contributed by atoms with Gasteiger partial charge in [0.05, 0.1) is 38.0 Å². The standard InChI is InChI=1S/C23H31N7O2/c1-23(2,3)30-21(24-25-26-30)20(17-8-10-18(11-9-17)27(4)5)28-12-14-29(15-13-28)22(31)19-7-6-16-32-19/h6-11,16,20H,12-15H2,1-5H3/p+1/t20-/m1/s1. The molecule has 1 aliphatic heterocycles. The minimum Gasteiger partial charge on any atom is -0.459 e. The molecule has 4 rings (SSSR count). The first-order valence-corrected chi connectivity index (χ1v) is 11.0. The number of furan rings is 1. The van der Waals surface area contributed by atoms with Crippen molar-refractivity contribution in [1.82, 2.24) is 25.1 Å². The van der Waals surface area contributed by atoms with E-state index in [9.17, 15) is 4.79 Å². The van der Waals surface area contributed by atoms with Gasteiger partial charge in [-0.3, -0.25) is 4.79 Å². The molecule has 32 heavy (non-hydrogen) atoms. The van der Waals surface area contributed by atoms with E-state index in [1.165, 1.54) is 11.2 Å². The van der Waals surface area contributed by atoms with E-state index >= 15 is 0 Å². The molecule has 9 heteroatoms. The number of amides is 1. The van der Waals surface area contributed by atoms with Crippen molar-refractivity contribution < 1.29 is 14.1 Å². The topological polar surface area (TPSA) is 84.7 Å². The number of tetrazole rings is 1. The van der Waals surface area contributed by atoms with Gasteiger partial charge in [-0.05, 0) is 55.5 Å². The van der Waals surface area contributed by atoms with Crippen LogP contribution in [0, 0.1) is 0 Å². The van der Waals surface area contributed by atoms with Gasteiger partial charge in [0.25, 0.3) is 5.91 Å². The number of hydrogen-bond donors (Lipinski definition) is 1. The van der Waals surface area contributed by atoms with Crippen LogP contribution in [0.2, 0.25) is 0 Å². The maximum absolute atomic E-state index is 12.7. The Hall–Kier alpha value is -3.20. The van der Waals surface area contributed by atoms with Gasteiger partial charge in [0, 0.05) is 25.3 Å². The van der Waals surface area contributed by atoms with E-state index in [1.54, 1.807) is 12.1 Å². The highest BCUT2D eigenvalue weighted by Crippen LogP contribution is 2.24. The Balaban J connectivity index is 1.62. The molecule has 0 saturated carbocycles. The fraction of sp³-hybridized carbons (Fsp3) is 0.478. The second kappa shape index (κ2) is 8.74. The summed E-state index contributed by atoms with van der Waals surface area (Å²) in [5.74, 6) is 1.18. The molecule has 0 aliphatic carbocycles. The molecule has 1 aromatic carbocycles. The van der Waals surface area contributed by atoms with E-state index in [4.69, 9.17) is 4.42 Å².